The Morgan fingerprint density at radius 3 is 2.88 bits per heavy atom. The van der Waals surface area contributed by atoms with Gasteiger partial charge in [-0.05, 0) is 27.7 Å². The molecule has 0 saturated carbocycles. The van der Waals surface area contributed by atoms with Crippen LogP contribution in [0, 0.1) is 26.2 Å². The average molecular weight is 247 g/mol. The molecule has 4 heteroatoms. The van der Waals surface area contributed by atoms with Crippen LogP contribution < -0.4 is 5.32 Å². The van der Waals surface area contributed by atoms with Crippen molar-refractivity contribution in [3.63, 3.8) is 0 Å². The average Bonchev–Trinajstić information content (AvgIpc) is 2.71. The summed E-state index contributed by atoms with van der Waals surface area (Å²) in [4.78, 5) is 6.87. The van der Waals surface area contributed by atoms with Crippen molar-refractivity contribution in [1.82, 2.24) is 14.7 Å². The summed E-state index contributed by atoms with van der Waals surface area (Å²) in [5.41, 5.74) is 1.96. The topological polar surface area (TPSA) is 29.3 Å². The van der Waals surface area contributed by atoms with Crippen molar-refractivity contribution >= 4 is 16.3 Å². The van der Waals surface area contributed by atoms with E-state index in [4.69, 9.17) is 6.42 Å². The minimum atomic E-state index is -0.290. The number of thiazole rings is 1. The Bertz CT molecular complexity index is 584. The van der Waals surface area contributed by atoms with E-state index in [9.17, 15) is 0 Å². The third-order valence-corrected chi connectivity index (χ3v) is 3.70. The van der Waals surface area contributed by atoms with Gasteiger partial charge in [0.15, 0.2) is 4.96 Å². The van der Waals surface area contributed by atoms with Gasteiger partial charge in [-0.1, -0.05) is 5.92 Å². The molecule has 0 atom stereocenters. The molecule has 2 aromatic heterocycles. The molecular weight excluding hydrogens is 230 g/mol. The van der Waals surface area contributed by atoms with Gasteiger partial charge < -0.3 is 0 Å². The van der Waals surface area contributed by atoms with Crippen LogP contribution in [0.1, 0.15) is 30.1 Å². The third-order valence-electron chi connectivity index (χ3n) is 2.80. The number of hydrogen-bond acceptors (Lipinski definition) is 3. The molecule has 0 aliphatic carbocycles. The lowest BCUT2D eigenvalue weighted by molar-refractivity contribution is 0.484. The third kappa shape index (κ3) is 2.36. The molecule has 0 amide bonds. The van der Waals surface area contributed by atoms with Gasteiger partial charge in [-0.2, -0.15) is 0 Å². The Labute approximate surface area is 106 Å². The molecule has 1 N–H and O–H groups in total. The first-order valence-corrected chi connectivity index (χ1v) is 6.41. The van der Waals surface area contributed by atoms with Crippen LogP contribution in [0.3, 0.4) is 0 Å². The Morgan fingerprint density at radius 2 is 2.24 bits per heavy atom. The summed E-state index contributed by atoms with van der Waals surface area (Å²) in [6, 6.07) is 0. The molecule has 3 nitrogen and oxygen atoms in total. The number of hydrogen-bond donors (Lipinski definition) is 1. The fourth-order valence-electron chi connectivity index (χ4n) is 1.68. The monoisotopic (exact) mass is 247 g/mol. The van der Waals surface area contributed by atoms with Gasteiger partial charge in [-0.15, -0.1) is 17.8 Å². The number of imidazole rings is 1. The largest absolute Gasteiger partial charge is 0.296 e. The van der Waals surface area contributed by atoms with Crippen molar-refractivity contribution in [2.45, 2.75) is 39.8 Å². The Balaban J connectivity index is 2.29. The summed E-state index contributed by atoms with van der Waals surface area (Å²) >= 11 is 1.71. The van der Waals surface area contributed by atoms with Crippen LogP contribution in [0.25, 0.3) is 4.96 Å². The van der Waals surface area contributed by atoms with Crippen molar-refractivity contribution in [2.75, 3.05) is 0 Å². The molecule has 0 aliphatic heterocycles. The first-order valence-electron chi connectivity index (χ1n) is 5.60. The van der Waals surface area contributed by atoms with Gasteiger partial charge in [0.25, 0.3) is 0 Å². The molecule has 17 heavy (non-hydrogen) atoms. The summed E-state index contributed by atoms with van der Waals surface area (Å²) in [5.74, 6) is 2.74. The molecule has 90 valence electrons. The molecule has 0 fully saturated rings. The van der Waals surface area contributed by atoms with Gasteiger partial charge in [-0.25, -0.2) is 4.98 Å². The predicted molar refractivity (Wildman–Crippen MR) is 72.3 cm³/mol. The second-order valence-electron chi connectivity index (χ2n) is 4.76. The highest BCUT2D eigenvalue weighted by atomic mass is 32.1. The molecule has 2 rings (SSSR count). The molecule has 2 heterocycles. The Kier molecular flexibility index (Phi) is 2.98. The van der Waals surface area contributed by atoms with Crippen LogP contribution in [0.5, 0.6) is 0 Å². The van der Waals surface area contributed by atoms with E-state index in [2.05, 4.69) is 33.7 Å². The molecule has 0 aromatic carbocycles. The van der Waals surface area contributed by atoms with Gasteiger partial charge >= 0.3 is 0 Å². The molecule has 0 spiro atoms. The number of rotatable bonds is 3. The molecule has 2 aromatic rings. The van der Waals surface area contributed by atoms with Gasteiger partial charge in [0.2, 0.25) is 0 Å². The number of nitrogens with zero attached hydrogens (tertiary/aromatic N) is 2. The van der Waals surface area contributed by atoms with Crippen LogP contribution >= 0.6 is 11.3 Å². The molecule has 0 radical (unpaired) electrons. The van der Waals surface area contributed by atoms with Crippen molar-refractivity contribution in [2.24, 2.45) is 0 Å². The molecule has 0 unspecified atom stereocenters. The van der Waals surface area contributed by atoms with Gasteiger partial charge in [0.05, 0.1) is 16.9 Å². The zero-order chi connectivity index (χ0) is 12.6. The van der Waals surface area contributed by atoms with Crippen LogP contribution in [0.2, 0.25) is 0 Å². The second kappa shape index (κ2) is 4.17. The summed E-state index contributed by atoms with van der Waals surface area (Å²) in [6.07, 6.45) is 7.59. The summed E-state index contributed by atoms with van der Waals surface area (Å²) in [7, 11) is 0. The first-order chi connectivity index (χ1) is 7.93. The lowest BCUT2D eigenvalue weighted by Gasteiger charge is -2.19. The van der Waals surface area contributed by atoms with Crippen LogP contribution in [0.4, 0.5) is 0 Å². The van der Waals surface area contributed by atoms with E-state index < -0.39 is 0 Å². The highest BCUT2D eigenvalue weighted by Crippen LogP contribution is 2.20. The standard InChI is InChI=1S/C13H17N3S/c1-6-13(4,5)14-7-11-10(3)15-12-16(11)8-9(2)17-12/h1,8,14H,7H2,2-5H3. The fourth-order valence-corrected chi connectivity index (χ4v) is 2.57. The lowest BCUT2D eigenvalue weighted by Crippen LogP contribution is -2.37. The summed E-state index contributed by atoms with van der Waals surface area (Å²) in [5, 5.41) is 3.36. The highest BCUT2D eigenvalue weighted by molar-refractivity contribution is 7.17. The number of aromatic nitrogens is 2. The summed E-state index contributed by atoms with van der Waals surface area (Å²) < 4.78 is 2.15. The van der Waals surface area contributed by atoms with Crippen LogP contribution in [-0.2, 0) is 6.54 Å². The van der Waals surface area contributed by atoms with E-state index in [-0.39, 0.29) is 5.54 Å². The summed E-state index contributed by atoms with van der Waals surface area (Å²) in [6.45, 7) is 8.87. The lowest BCUT2D eigenvalue weighted by atomic mass is 10.1. The molecule has 0 saturated heterocycles. The highest BCUT2D eigenvalue weighted by Gasteiger charge is 2.16. The maximum atomic E-state index is 5.47. The number of terminal acetylenes is 1. The number of nitrogens with one attached hydrogen (secondary N) is 1. The predicted octanol–water partition coefficient (Wildman–Crippen LogP) is 2.51. The second-order valence-corrected chi connectivity index (χ2v) is 5.97. The van der Waals surface area contributed by atoms with Gasteiger partial charge in [0.1, 0.15) is 0 Å². The fraction of sp³-hybridized carbons (Fsp3) is 0.462. The van der Waals surface area contributed by atoms with Gasteiger partial charge in [0, 0.05) is 17.6 Å². The normalized spacial score (nSPS) is 11.9. The van der Waals surface area contributed by atoms with Crippen molar-refractivity contribution in [3.8, 4) is 12.3 Å². The first kappa shape index (κ1) is 12.2. The van der Waals surface area contributed by atoms with E-state index >= 15 is 0 Å². The SMILES string of the molecule is C#CC(C)(C)NCc1c(C)nc2sc(C)cn12. The quantitative estimate of drug-likeness (QED) is 0.844. The molecule has 0 aliphatic rings. The maximum Gasteiger partial charge on any atom is 0.194 e. The van der Waals surface area contributed by atoms with E-state index in [0.29, 0.717) is 0 Å². The van der Waals surface area contributed by atoms with Crippen molar-refractivity contribution in [1.29, 1.82) is 0 Å². The number of fused-ring (bicyclic) bond motifs is 1. The smallest absolute Gasteiger partial charge is 0.194 e. The van der Waals surface area contributed by atoms with Crippen molar-refractivity contribution < 1.29 is 0 Å². The number of aryl methyl sites for hydroxylation is 2. The Hall–Kier alpha value is -1.31. The Morgan fingerprint density at radius 1 is 1.53 bits per heavy atom. The minimum Gasteiger partial charge on any atom is -0.296 e. The van der Waals surface area contributed by atoms with E-state index in [1.807, 2.05) is 20.8 Å². The molecular formula is C13H17N3S. The van der Waals surface area contributed by atoms with Gasteiger partial charge in [-0.3, -0.25) is 9.72 Å². The van der Waals surface area contributed by atoms with E-state index in [1.165, 1.54) is 10.6 Å². The van der Waals surface area contributed by atoms with E-state index in [0.717, 1.165) is 17.2 Å². The zero-order valence-corrected chi connectivity index (χ0v) is 11.5. The minimum absolute atomic E-state index is 0.290. The van der Waals surface area contributed by atoms with E-state index in [1.54, 1.807) is 11.3 Å². The maximum absolute atomic E-state index is 5.47. The molecule has 0 bridgehead atoms. The van der Waals surface area contributed by atoms with Crippen LogP contribution in [-0.4, -0.2) is 14.9 Å². The zero-order valence-electron chi connectivity index (χ0n) is 10.7. The van der Waals surface area contributed by atoms with Crippen molar-refractivity contribution in [3.05, 3.63) is 22.5 Å². The van der Waals surface area contributed by atoms with Crippen LogP contribution in [0.15, 0.2) is 6.20 Å².